The molecule has 2 aliphatic rings. The first-order valence-electron chi connectivity index (χ1n) is 5.53. The van der Waals surface area contributed by atoms with E-state index in [0.717, 1.165) is 23.9 Å². The topological polar surface area (TPSA) is 12.0 Å². The molecule has 12 heavy (non-hydrogen) atoms. The van der Waals surface area contributed by atoms with E-state index >= 15 is 0 Å². The summed E-state index contributed by atoms with van der Waals surface area (Å²) in [4.78, 5) is 0. The van der Waals surface area contributed by atoms with Crippen LogP contribution in [-0.4, -0.2) is 12.1 Å². The first kappa shape index (κ1) is 8.55. The zero-order valence-electron chi connectivity index (χ0n) is 8.34. The van der Waals surface area contributed by atoms with E-state index in [2.05, 4.69) is 19.2 Å². The summed E-state index contributed by atoms with van der Waals surface area (Å²) in [6.45, 7) is 4.76. The maximum atomic E-state index is 3.79. The van der Waals surface area contributed by atoms with Gasteiger partial charge in [-0.1, -0.05) is 26.7 Å². The van der Waals surface area contributed by atoms with E-state index in [1.807, 2.05) is 0 Å². The van der Waals surface area contributed by atoms with Crippen LogP contribution in [0.25, 0.3) is 0 Å². The Morgan fingerprint density at radius 3 is 2.17 bits per heavy atom. The molecule has 2 saturated carbocycles. The molecule has 4 atom stereocenters. The zero-order valence-corrected chi connectivity index (χ0v) is 8.34. The molecule has 2 rings (SSSR count). The van der Waals surface area contributed by atoms with Gasteiger partial charge in [0.2, 0.25) is 0 Å². The summed E-state index contributed by atoms with van der Waals surface area (Å²) in [7, 11) is 0. The lowest BCUT2D eigenvalue weighted by atomic mass is 9.86. The van der Waals surface area contributed by atoms with Gasteiger partial charge < -0.3 is 5.32 Å². The monoisotopic (exact) mass is 167 g/mol. The second-order valence-electron chi connectivity index (χ2n) is 4.85. The van der Waals surface area contributed by atoms with Crippen molar-refractivity contribution in [2.75, 3.05) is 0 Å². The molecule has 1 N–H and O–H groups in total. The molecular weight excluding hydrogens is 146 g/mol. The second kappa shape index (κ2) is 3.37. The lowest BCUT2D eigenvalue weighted by Gasteiger charge is -2.29. The fourth-order valence-corrected chi connectivity index (χ4v) is 2.39. The van der Waals surface area contributed by atoms with Crippen LogP contribution in [0, 0.1) is 11.8 Å². The average molecular weight is 167 g/mol. The maximum Gasteiger partial charge on any atom is 0.00990 e. The van der Waals surface area contributed by atoms with Gasteiger partial charge in [-0.2, -0.15) is 0 Å². The van der Waals surface area contributed by atoms with Crippen molar-refractivity contribution in [1.29, 1.82) is 0 Å². The maximum absolute atomic E-state index is 3.79. The first-order chi connectivity index (χ1) is 5.77. The molecule has 70 valence electrons. The van der Waals surface area contributed by atoms with Gasteiger partial charge in [-0.3, -0.25) is 0 Å². The summed E-state index contributed by atoms with van der Waals surface area (Å²) in [6, 6.07) is 1.71. The molecule has 0 aliphatic heterocycles. The van der Waals surface area contributed by atoms with Crippen molar-refractivity contribution in [3.05, 3.63) is 0 Å². The van der Waals surface area contributed by atoms with Crippen molar-refractivity contribution in [2.24, 2.45) is 11.8 Å². The summed E-state index contributed by atoms with van der Waals surface area (Å²) in [5, 5.41) is 3.79. The lowest BCUT2D eigenvalue weighted by molar-refractivity contribution is 0.276. The van der Waals surface area contributed by atoms with Gasteiger partial charge in [0.25, 0.3) is 0 Å². The number of nitrogens with one attached hydrogen (secondary N) is 1. The summed E-state index contributed by atoms with van der Waals surface area (Å²) < 4.78 is 0. The Morgan fingerprint density at radius 2 is 1.58 bits per heavy atom. The Morgan fingerprint density at radius 1 is 0.917 bits per heavy atom. The van der Waals surface area contributed by atoms with Crippen molar-refractivity contribution in [2.45, 2.75) is 58.0 Å². The standard InChI is InChI=1S/C11H21N/c1-8-5-3-4-6-10(8)12-11-7-9(11)2/h8-12H,3-7H2,1-2H3/t8?,9-,10?,11-/m1/s1. The molecular formula is C11H21N. The molecule has 1 nitrogen and oxygen atoms in total. The number of rotatable bonds is 2. The highest BCUT2D eigenvalue weighted by Gasteiger charge is 2.35. The molecule has 2 unspecified atom stereocenters. The highest BCUT2D eigenvalue weighted by atomic mass is 15.0. The minimum absolute atomic E-state index is 0.841. The van der Waals surface area contributed by atoms with Crippen LogP contribution >= 0.6 is 0 Å². The van der Waals surface area contributed by atoms with Crippen LogP contribution in [0.15, 0.2) is 0 Å². The van der Waals surface area contributed by atoms with Gasteiger partial charge >= 0.3 is 0 Å². The fraction of sp³-hybridized carbons (Fsp3) is 1.00. The summed E-state index contributed by atoms with van der Waals surface area (Å²) in [5.74, 6) is 1.88. The largest absolute Gasteiger partial charge is 0.311 e. The number of hydrogen-bond acceptors (Lipinski definition) is 1. The average Bonchev–Trinajstić information content (AvgIpc) is 2.72. The quantitative estimate of drug-likeness (QED) is 0.666. The SMILES string of the molecule is CC1CCCCC1N[C@@H]1C[C@H]1C. The minimum Gasteiger partial charge on any atom is -0.311 e. The van der Waals surface area contributed by atoms with E-state index in [1.165, 1.54) is 32.1 Å². The summed E-state index contributed by atoms with van der Waals surface area (Å²) in [5.41, 5.74) is 0. The van der Waals surface area contributed by atoms with E-state index in [4.69, 9.17) is 0 Å². The van der Waals surface area contributed by atoms with E-state index in [1.54, 1.807) is 0 Å². The van der Waals surface area contributed by atoms with Gasteiger partial charge in [0, 0.05) is 12.1 Å². The van der Waals surface area contributed by atoms with Gasteiger partial charge in [-0.05, 0) is 31.1 Å². The summed E-state index contributed by atoms with van der Waals surface area (Å²) in [6.07, 6.45) is 7.19. The molecule has 0 aromatic carbocycles. The summed E-state index contributed by atoms with van der Waals surface area (Å²) >= 11 is 0. The molecule has 0 saturated heterocycles. The Hall–Kier alpha value is -0.0400. The van der Waals surface area contributed by atoms with E-state index in [-0.39, 0.29) is 0 Å². The molecule has 0 spiro atoms. The van der Waals surface area contributed by atoms with Crippen molar-refractivity contribution in [3.63, 3.8) is 0 Å². The van der Waals surface area contributed by atoms with Crippen molar-refractivity contribution < 1.29 is 0 Å². The number of hydrogen-bond donors (Lipinski definition) is 1. The first-order valence-corrected chi connectivity index (χ1v) is 5.53. The Balaban J connectivity index is 1.77. The van der Waals surface area contributed by atoms with E-state index in [0.29, 0.717) is 0 Å². The molecule has 0 heterocycles. The fourth-order valence-electron chi connectivity index (χ4n) is 2.39. The van der Waals surface area contributed by atoms with Crippen molar-refractivity contribution in [1.82, 2.24) is 5.32 Å². The van der Waals surface area contributed by atoms with Crippen LogP contribution in [0.4, 0.5) is 0 Å². The Labute approximate surface area is 75.9 Å². The van der Waals surface area contributed by atoms with Crippen LogP contribution in [0.1, 0.15) is 46.0 Å². The smallest absolute Gasteiger partial charge is 0.00990 e. The zero-order chi connectivity index (χ0) is 8.55. The third kappa shape index (κ3) is 1.82. The molecule has 2 aliphatic carbocycles. The highest BCUT2D eigenvalue weighted by Crippen LogP contribution is 2.32. The molecule has 0 bridgehead atoms. The molecule has 0 amide bonds. The van der Waals surface area contributed by atoms with Gasteiger partial charge in [0.05, 0.1) is 0 Å². The third-order valence-corrected chi connectivity index (χ3v) is 3.65. The van der Waals surface area contributed by atoms with Crippen LogP contribution < -0.4 is 5.32 Å². The minimum atomic E-state index is 0.841. The molecule has 0 radical (unpaired) electrons. The Kier molecular flexibility index (Phi) is 2.40. The molecule has 0 aromatic heterocycles. The molecule has 2 fully saturated rings. The Bertz CT molecular complexity index is 155. The van der Waals surface area contributed by atoms with Gasteiger partial charge in [-0.15, -0.1) is 0 Å². The normalized spacial score (nSPS) is 47.5. The van der Waals surface area contributed by atoms with Gasteiger partial charge in [0.15, 0.2) is 0 Å². The van der Waals surface area contributed by atoms with Crippen molar-refractivity contribution in [3.8, 4) is 0 Å². The van der Waals surface area contributed by atoms with Crippen LogP contribution in [0.3, 0.4) is 0 Å². The lowest BCUT2D eigenvalue weighted by Crippen LogP contribution is -2.39. The van der Waals surface area contributed by atoms with Crippen LogP contribution in [0.2, 0.25) is 0 Å². The highest BCUT2D eigenvalue weighted by molar-refractivity contribution is 4.93. The molecule has 0 aromatic rings. The van der Waals surface area contributed by atoms with Crippen molar-refractivity contribution >= 4 is 0 Å². The predicted octanol–water partition coefficient (Wildman–Crippen LogP) is 2.56. The third-order valence-electron chi connectivity index (χ3n) is 3.65. The van der Waals surface area contributed by atoms with Crippen LogP contribution in [0.5, 0.6) is 0 Å². The van der Waals surface area contributed by atoms with Gasteiger partial charge in [0.1, 0.15) is 0 Å². The van der Waals surface area contributed by atoms with E-state index < -0.39 is 0 Å². The second-order valence-corrected chi connectivity index (χ2v) is 4.85. The van der Waals surface area contributed by atoms with E-state index in [9.17, 15) is 0 Å². The molecule has 1 heteroatoms. The predicted molar refractivity (Wildman–Crippen MR) is 52.1 cm³/mol. The van der Waals surface area contributed by atoms with Gasteiger partial charge in [-0.25, -0.2) is 0 Å². The van der Waals surface area contributed by atoms with Crippen LogP contribution in [-0.2, 0) is 0 Å².